The lowest BCUT2D eigenvalue weighted by Crippen LogP contribution is -2.45. The molecule has 21 heavy (non-hydrogen) atoms. The molecule has 0 aromatic heterocycles. The molecule has 4 heteroatoms. The Morgan fingerprint density at radius 3 is 2.57 bits per heavy atom. The molecular formula is C17H26BrNS2. The fraction of sp³-hybridized carbons (Fsp3) is 0.647. The molecule has 1 aliphatic heterocycles. The van der Waals surface area contributed by atoms with E-state index in [4.69, 9.17) is 0 Å². The van der Waals surface area contributed by atoms with Crippen LogP contribution in [0.5, 0.6) is 0 Å². The second-order valence-corrected chi connectivity index (χ2v) is 9.76. The summed E-state index contributed by atoms with van der Waals surface area (Å²) < 4.78 is 1.16. The van der Waals surface area contributed by atoms with Crippen LogP contribution < -0.4 is 5.32 Å². The minimum Gasteiger partial charge on any atom is -0.313 e. The molecule has 118 valence electrons. The van der Waals surface area contributed by atoms with Gasteiger partial charge in [0.1, 0.15) is 0 Å². The number of hydrogen-bond donors (Lipinski definition) is 1. The van der Waals surface area contributed by atoms with E-state index in [9.17, 15) is 0 Å². The van der Waals surface area contributed by atoms with Gasteiger partial charge in [0.2, 0.25) is 0 Å². The van der Waals surface area contributed by atoms with Crippen LogP contribution in [0.4, 0.5) is 0 Å². The standard InChI is InChI=1S/C17H26BrNS2/c1-4-9-19-16(10-14-5-7-15(18)8-6-14)17-11-20-12(2)13(3)21-17/h5-8,12-13,16-17,19H,4,9-11H2,1-3H3. The lowest BCUT2D eigenvalue weighted by atomic mass is 10.0. The van der Waals surface area contributed by atoms with Gasteiger partial charge >= 0.3 is 0 Å². The van der Waals surface area contributed by atoms with E-state index in [0.717, 1.165) is 33.2 Å². The maximum atomic E-state index is 3.79. The first-order valence-electron chi connectivity index (χ1n) is 7.85. The zero-order valence-electron chi connectivity index (χ0n) is 13.1. The first-order valence-corrected chi connectivity index (χ1v) is 10.6. The lowest BCUT2D eigenvalue weighted by Gasteiger charge is -2.36. The molecule has 4 unspecified atom stereocenters. The number of hydrogen-bond acceptors (Lipinski definition) is 3. The highest BCUT2D eigenvalue weighted by Crippen LogP contribution is 2.37. The summed E-state index contributed by atoms with van der Waals surface area (Å²) in [6.45, 7) is 8.11. The summed E-state index contributed by atoms with van der Waals surface area (Å²) in [5, 5.41) is 6.05. The zero-order chi connectivity index (χ0) is 15.2. The summed E-state index contributed by atoms with van der Waals surface area (Å²) in [4.78, 5) is 0. The van der Waals surface area contributed by atoms with Crippen molar-refractivity contribution >= 4 is 39.5 Å². The molecule has 1 aromatic carbocycles. The largest absolute Gasteiger partial charge is 0.313 e. The van der Waals surface area contributed by atoms with Crippen LogP contribution in [0.2, 0.25) is 0 Å². The maximum Gasteiger partial charge on any atom is 0.0298 e. The van der Waals surface area contributed by atoms with Gasteiger partial charge in [0.05, 0.1) is 0 Å². The maximum absolute atomic E-state index is 3.79. The summed E-state index contributed by atoms with van der Waals surface area (Å²) in [6.07, 6.45) is 2.33. The Hall–Kier alpha value is 0.360. The van der Waals surface area contributed by atoms with Gasteiger partial charge in [-0.15, -0.1) is 0 Å². The third-order valence-electron chi connectivity index (χ3n) is 4.05. The van der Waals surface area contributed by atoms with Crippen molar-refractivity contribution in [3.8, 4) is 0 Å². The van der Waals surface area contributed by atoms with Crippen molar-refractivity contribution in [2.45, 2.75) is 55.4 Å². The van der Waals surface area contributed by atoms with E-state index in [2.05, 4.69) is 89.8 Å². The van der Waals surface area contributed by atoms with E-state index in [-0.39, 0.29) is 0 Å². The predicted octanol–water partition coefficient (Wildman–Crippen LogP) is 4.99. The minimum absolute atomic E-state index is 0.582. The number of benzene rings is 1. The fourth-order valence-electron chi connectivity index (χ4n) is 2.56. The molecule has 1 N–H and O–H groups in total. The molecule has 1 heterocycles. The highest BCUT2D eigenvalue weighted by atomic mass is 79.9. The molecule has 2 rings (SSSR count). The van der Waals surface area contributed by atoms with E-state index >= 15 is 0 Å². The van der Waals surface area contributed by atoms with Crippen LogP contribution in [-0.2, 0) is 6.42 Å². The molecule has 1 aliphatic rings. The molecule has 1 fully saturated rings. The van der Waals surface area contributed by atoms with Crippen LogP contribution >= 0.6 is 39.5 Å². The molecule has 0 amide bonds. The smallest absolute Gasteiger partial charge is 0.0298 e. The van der Waals surface area contributed by atoms with Gasteiger partial charge in [-0.1, -0.05) is 48.8 Å². The molecule has 4 atom stereocenters. The van der Waals surface area contributed by atoms with Crippen molar-refractivity contribution in [1.82, 2.24) is 5.32 Å². The lowest BCUT2D eigenvalue weighted by molar-refractivity contribution is 0.504. The van der Waals surface area contributed by atoms with E-state index in [1.54, 1.807) is 0 Å². The second kappa shape index (κ2) is 8.85. The van der Waals surface area contributed by atoms with Crippen LogP contribution in [0.25, 0.3) is 0 Å². The first kappa shape index (κ1) is 17.7. The van der Waals surface area contributed by atoms with Crippen molar-refractivity contribution in [2.75, 3.05) is 12.3 Å². The van der Waals surface area contributed by atoms with Gasteiger partial charge in [-0.2, -0.15) is 23.5 Å². The van der Waals surface area contributed by atoms with Gasteiger partial charge in [0.15, 0.2) is 0 Å². The van der Waals surface area contributed by atoms with Crippen molar-refractivity contribution in [1.29, 1.82) is 0 Å². The minimum atomic E-state index is 0.582. The summed E-state index contributed by atoms with van der Waals surface area (Å²) in [6, 6.07) is 9.38. The number of rotatable bonds is 6. The Morgan fingerprint density at radius 2 is 1.95 bits per heavy atom. The SMILES string of the molecule is CCCNC(Cc1ccc(Br)cc1)C1CSC(C)C(C)S1. The van der Waals surface area contributed by atoms with Gasteiger partial charge in [0.25, 0.3) is 0 Å². The van der Waals surface area contributed by atoms with Crippen LogP contribution in [-0.4, -0.2) is 34.1 Å². The molecule has 0 radical (unpaired) electrons. The van der Waals surface area contributed by atoms with Crippen molar-refractivity contribution < 1.29 is 0 Å². The van der Waals surface area contributed by atoms with Gasteiger partial charge in [-0.05, 0) is 37.1 Å². The van der Waals surface area contributed by atoms with Crippen LogP contribution in [0, 0.1) is 0 Å². The molecule has 0 bridgehead atoms. The molecule has 0 aliphatic carbocycles. The summed E-state index contributed by atoms with van der Waals surface area (Å²) in [7, 11) is 0. The van der Waals surface area contributed by atoms with E-state index < -0.39 is 0 Å². The molecular weight excluding hydrogens is 362 g/mol. The van der Waals surface area contributed by atoms with Crippen molar-refractivity contribution in [3.63, 3.8) is 0 Å². The molecule has 1 nitrogen and oxygen atoms in total. The molecule has 0 saturated carbocycles. The van der Waals surface area contributed by atoms with Crippen molar-refractivity contribution in [2.24, 2.45) is 0 Å². The average Bonchev–Trinajstić information content (AvgIpc) is 2.48. The number of halogens is 1. The number of nitrogens with one attached hydrogen (secondary N) is 1. The van der Waals surface area contributed by atoms with Gasteiger partial charge in [-0.3, -0.25) is 0 Å². The summed E-state index contributed by atoms with van der Waals surface area (Å²) >= 11 is 7.85. The van der Waals surface area contributed by atoms with E-state index in [1.165, 1.54) is 17.7 Å². The highest BCUT2D eigenvalue weighted by molar-refractivity contribution is 9.10. The first-order chi connectivity index (χ1) is 10.1. The highest BCUT2D eigenvalue weighted by Gasteiger charge is 2.31. The Morgan fingerprint density at radius 1 is 1.24 bits per heavy atom. The monoisotopic (exact) mass is 387 g/mol. The Kier molecular flexibility index (Phi) is 7.47. The Balaban J connectivity index is 2.01. The fourth-order valence-corrected chi connectivity index (χ4v) is 5.95. The topological polar surface area (TPSA) is 12.0 Å². The van der Waals surface area contributed by atoms with Gasteiger partial charge in [-0.25, -0.2) is 0 Å². The van der Waals surface area contributed by atoms with Crippen LogP contribution in [0.15, 0.2) is 28.7 Å². The van der Waals surface area contributed by atoms with Crippen LogP contribution in [0.3, 0.4) is 0 Å². The van der Waals surface area contributed by atoms with E-state index in [1.807, 2.05) is 0 Å². The third-order valence-corrected chi connectivity index (χ3v) is 8.13. The average molecular weight is 388 g/mol. The van der Waals surface area contributed by atoms with Gasteiger partial charge in [0, 0.05) is 32.0 Å². The van der Waals surface area contributed by atoms with E-state index in [0.29, 0.717) is 6.04 Å². The summed E-state index contributed by atoms with van der Waals surface area (Å²) in [5.41, 5.74) is 1.43. The predicted molar refractivity (Wildman–Crippen MR) is 103 cm³/mol. The molecule has 1 saturated heterocycles. The third kappa shape index (κ3) is 5.49. The summed E-state index contributed by atoms with van der Waals surface area (Å²) in [5.74, 6) is 1.27. The molecule has 1 aromatic rings. The number of thioether (sulfide) groups is 2. The molecule has 0 spiro atoms. The zero-order valence-corrected chi connectivity index (χ0v) is 16.4. The second-order valence-electron chi connectivity index (χ2n) is 5.81. The van der Waals surface area contributed by atoms with Crippen molar-refractivity contribution in [3.05, 3.63) is 34.3 Å². The van der Waals surface area contributed by atoms with Gasteiger partial charge < -0.3 is 5.32 Å². The quantitative estimate of drug-likeness (QED) is 0.738. The Labute approximate surface area is 146 Å². The van der Waals surface area contributed by atoms with Crippen LogP contribution in [0.1, 0.15) is 32.8 Å². The normalized spacial score (nSPS) is 27.5. The Bertz CT molecular complexity index is 423.